The highest BCUT2D eigenvalue weighted by atomic mass is 32.3. The third kappa shape index (κ3) is 14.0. The highest BCUT2D eigenvalue weighted by molar-refractivity contribution is 7.81. The Bertz CT molecular complexity index is 392. The monoisotopic (exact) mass is 339 g/mol. The molecule has 0 saturated heterocycles. The van der Waals surface area contributed by atoms with Crippen LogP contribution in [0.4, 0.5) is 0 Å². The number of rotatable bonds is 10. The molecule has 0 bridgehead atoms. The zero-order valence-corrected chi connectivity index (χ0v) is 15.1. The molecule has 0 unspecified atom stereocenters. The van der Waals surface area contributed by atoms with Gasteiger partial charge in [0.1, 0.15) is 6.61 Å². The van der Waals surface area contributed by atoms with Gasteiger partial charge in [-0.3, -0.25) is 0 Å². The van der Waals surface area contributed by atoms with Crippen molar-refractivity contribution in [1.82, 2.24) is 4.90 Å². The second-order valence-electron chi connectivity index (χ2n) is 4.16. The lowest BCUT2D eigenvalue weighted by Gasteiger charge is -2.17. The molecule has 0 aromatic heterocycles. The van der Waals surface area contributed by atoms with Crippen LogP contribution < -0.4 is 0 Å². The average molecular weight is 339 g/mol. The fourth-order valence-electron chi connectivity index (χ4n) is 1.25. The van der Waals surface area contributed by atoms with Crippen LogP contribution >= 0.6 is 0 Å². The Morgan fingerprint density at radius 1 is 1.05 bits per heavy atom. The quantitative estimate of drug-likeness (QED) is 0.443. The Labute approximate surface area is 134 Å². The maximum absolute atomic E-state index is 11.0. The number of ether oxygens (including phenoxy) is 1. The molecule has 132 valence electrons. The summed E-state index contributed by atoms with van der Waals surface area (Å²) in [5.41, 5.74) is 0.458. The Balaban J connectivity index is 0. The van der Waals surface area contributed by atoms with Gasteiger partial charge >= 0.3 is 16.4 Å². The molecule has 0 aromatic carbocycles. The van der Waals surface area contributed by atoms with Crippen molar-refractivity contribution in [3.8, 4) is 0 Å². The number of carbonyl (C=O) groups is 1. The lowest BCUT2D eigenvalue weighted by atomic mass is 10.4. The van der Waals surface area contributed by atoms with E-state index in [0.717, 1.165) is 19.6 Å². The highest BCUT2D eigenvalue weighted by Gasteiger charge is 2.07. The fraction of sp³-hybridized carbons (Fsp3) is 0.786. The molecule has 0 fully saturated rings. The van der Waals surface area contributed by atoms with Crippen molar-refractivity contribution in [1.29, 1.82) is 0 Å². The second-order valence-corrected chi connectivity index (χ2v) is 5.45. The maximum Gasteiger partial charge on any atom is 0.399 e. The fourth-order valence-corrected chi connectivity index (χ4v) is 1.90. The van der Waals surface area contributed by atoms with E-state index in [0.29, 0.717) is 12.2 Å². The number of hydrogen-bond acceptors (Lipinski definition) is 7. The van der Waals surface area contributed by atoms with Gasteiger partial charge in [0, 0.05) is 12.1 Å². The van der Waals surface area contributed by atoms with Crippen LogP contribution in [-0.2, 0) is 28.3 Å². The molecule has 0 radical (unpaired) electrons. The van der Waals surface area contributed by atoms with Gasteiger partial charge in [0.05, 0.1) is 13.2 Å². The summed E-state index contributed by atoms with van der Waals surface area (Å²) in [5, 5.41) is 0. The molecule has 0 aliphatic heterocycles. The summed E-state index contributed by atoms with van der Waals surface area (Å²) in [4.78, 5) is 13.2. The Morgan fingerprint density at radius 2 is 1.50 bits per heavy atom. The molecule has 0 heterocycles. The van der Waals surface area contributed by atoms with E-state index in [1.165, 1.54) is 0 Å². The van der Waals surface area contributed by atoms with Crippen LogP contribution in [0.25, 0.3) is 0 Å². The van der Waals surface area contributed by atoms with Gasteiger partial charge in [-0.25, -0.2) is 13.2 Å². The molecule has 8 heteroatoms. The maximum atomic E-state index is 11.0. The molecule has 0 rings (SSSR count). The SMILES string of the molecule is C=C(C)C(=O)OCCN(CC)CC.CCOS(=O)(=O)OCC. The molecule has 7 nitrogen and oxygen atoms in total. The second kappa shape index (κ2) is 13.7. The van der Waals surface area contributed by atoms with E-state index in [2.05, 4.69) is 33.7 Å². The van der Waals surface area contributed by atoms with Crippen LogP contribution in [-0.4, -0.2) is 58.7 Å². The molecular weight excluding hydrogens is 310 g/mol. The van der Waals surface area contributed by atoms with Crippen molar-refractivity contribution >= 4 is 16.4 Å². The Morgan fingerprint density at radius 3 is 1.82 bits per heavy atom. The van der Waals surface area contributed by atoms with Crippen molar-refractivity contribution < 1.29 is 26.3 Å². The largest absolute Gasteiger partial charge is 0.461 e. The first-order valence-corrected chi connectivity index (χ1v) is 8.65. The van der Waals surface area contributed by atoms with Crippen molar-refractivity contribution in [2.24, 2.45) is 0 Å². The third-order valence-corrected chi connectivity index (χ3v) is 3.46. The van der Waals surface area contributed by atoms with Crippen LogP contribution in [0.3, 0.4) is 0 Å². The summed E-state index contributed by atoms with van der Waals surface area (Å²) < 4.78 is 34.2. The molecular formula is C14H29NO6S. The summed E-state index contributed by atoms with van der Waals surface area (Å²) in [6.45, 7) is 15.9. The molecule has 0 N–H and O–H groups in total. The number of likely N-dealkylation sites (N-methyl/N-ethyl adjacent to an activating group) is 1. The Kier molecular flexibility index (Phi) is 14.5. The van der Waals surface area contributed by atoms with E-state index in [-0.39, 0.29) is 19.2 Å². The van der Waals surface area contributed by atoms with Crippen molar-refractivity contribution in [2.75, 3.05) is 39.5 Å². The lowest BCUT2D eigenvalue weighted by molar-refractivity contribution is -0.139. The summed E-state index contributed by atoms with van der Waals surface area (Å²) in [6, 6.07) is 0. The van der Waals surface area contributed by atoms with E-state index in [1.807, 2.05) is 0 Å². The minimum Gasteiger partial charge on any atom is -0.461 e. The van der Waals surface area contributed by atoms with E-state index >= 15 is 0 Å². The van der Waals surface area contributed by atoms with Crippen molar-refractivity contribution in [3.05, 3.63) is 12.2 Å². The standard InChI is InChI=1S/C10H19NO2.C4H10O4S/c1-5-11(6-2)7-8-13-10(12)9(3)4;1-3-7-9(5,6)8-4-2/h3,5-8H2,1-2,4H3;3-4H2,1-2H3. The molecule has 0 aromatic rings. The summed E-state index contributed by atoms with van der Waals surface area (Å²) in [6.07, 6.45) is 0. The van der Waals surface area contributed by atoms with Gasteiger partial charge in [0.2, 0.25) is 0 Å². The molecule has 0 amide bonds. The van der Waals surface area contributed by atoms with Crippen molar-refractivity contribution in [3.63, 3.8) is 0 Å². The van der Waals surface area contributed by atoms with Gasteiger partial charge in [-0.15, -0.1) is 0 Å². The summed E-state index contributed by atoms with van der Waals surface area (Å²) in [7, 11) is -3.68. The minimum atomic E-state index is -3.68. The van der Waals surface area contributed by atoms with Gasteiger partial charge in [-0.05, 0) is 33.9 Å². The predicted octanol–water partition coefficient (Wildman–Crippen LogP) is 1.75. The average Bonchev–Trinajstić information content (AvgIpc) is 2.43. The number of hydrogen-bond donors (Lipinski definition) is 0. The topological polar surface area (TPSA) is 82.1 Å². The third-order valence-electron chi connectivity index (χ3n) is 2.41. The lowest BCUT2D eigenvalue weighted by Crippen LogP contribution is -2.27. The van der Waals surface area contributed by atoms with Gasteiger partial charge in [0.25, 0.3) is 0 Å². The predicted molar refractivity (Wildman–Crippen MR) is 85.7 cm³/mol. The van der Waals surface area contributed by atoms with Gasteiger partial charge < -0.3 is 9.64 Å². The number of carbonyl (C=O) groups excluding carboxylic acids is 1. The zero-order chi connectivity index (χ0) is 17.6. The van der Waals surface area contributed by atoms with Crippen LogP contribution in [0, 0.1) is 0 Å². The number of nitrogens with zero attached hydrogens (tertiary/aromatic N) is 1. The van der Waals surface area contributed by atoms with E-state index in [9.17, 15) is 13.2 Å². The molecule has 0 atom stereocenters. The van der Waals surface area contributed by atoms with Gasteiger partial charge in [-0.2, -0.15) is 8.42 Å². The first-order valence-electron chi connectivity index (χ1n) is 7.32. The minimum absolute atomic E-state index is 0.113. The van der Waals surface area contributed by atoms with Crippen LogP contribution in [0.1, 0.15) is 34.6 Å². The summed E-state index contributed by atoms with van der Waals surface area (Å²) in [5.74, 6) is -0.299. The Hall–Kier alpha value is -0.960. The first kappa shape index (κ1) is 23.3. The molecule has 0 saturated carbocycles. The normalized spacial score (nSPS) is 10.8. The smallest absolute Gasteiger partial charge is 0.399 e. The zero-order valence-electron chi connectivity index (χ0n) is 14.3. The first-order chi connectivity index (χ1) is 10.2. The van der Waals surface area contributed by atoms with Crippen LogP contribution in [0.15, 0.2) is 12.2 Å². The molecule has 0 spiro atoms. The summed E-state index contributed by atoms with van der Waals surface area (Å²) >= 11 is 0. The van der Waals surface area contributed by atoms with Gasteiger partial charge in [-0.1, -0.05) is 20.4 Å². The van der Waals surface area contributed by atoms with Gasteiger partial charge in [0.15, 0.2) is 0 Å². The number of esters is 1. The molecule has 0 aliphatic rings. The van der Waals surface area contributed by atoms with E-state index < -0.39 is 10.4 Å². The molecule has 22 heavy (non-hydrogen) atoms. The van der Waals surface area contributed by atoms with E-state index in [1.54, 1.807) is 20.8 Å². The van der Waals surface area contributed by atoms with Crippen molar-refractivity contribution in [2.45, 2.75) is 34.6 Å². The molecule has 0 aliphatic carbocycles. The van der Waals surface area contributed by atoms with E-state index in [4.69, 9.17) is 4.74 Å². The highest BCUT2D eigenvalue weighted by Crippen LogP contribution is 1.94. The van der Waals surface area contributed by atoms with Crippen LogP contribution in [0.2, 0.25) is 0 Å². The van der Waals surface area contributed by atoms with Crippen LogP contribution in [0.5, 0.6) is 0 Å².